The van der Waals surface area contributed by atoms with E-state index in [2.05, 4.69) is 0 Å². The molecule has 1 aliphatic heterocycles. The number of hydrogen-bond donors (Lipinski definition) is 0. The summed E-state index contributed by atoms with van der Waals surface area (Å²) >= 11 is 6.03. The number of Topliss-reactive ketones (excluding diaryl/α,β-unsaturated/α-hetero) is 1. The summed E-state index contributed by atoms with van der Waals surface area (Å²) < 4.78 is 12.3. The van der Waals surface area contributed by atoms with Gasteiger partial charge in [-0.25, -0.2) is 0 Å². The number of hydrogen-bond acceptors (Lipinski definition) is 3. The highest BCUT2D eigenvalue weighted by Gasteiger charge is 2.41. The summed E-state index contributed by atoms with van der Waals surface area (Å²) in [4.78, 5) is 13.3. The molecule has 0 N–H and O–H groups in total. The summed E-state index contributed by atoms with van der Waals surface area (Å²) in [5.74, 6) is 1.47. The highest BCUT2D eigenvalue weighted by Crippen LogP contribution is 2.50. The minimum absolute atomic E-state index is 0.0999. The van der Waals surface area contributed by atoms with E-state index in [0.29, 0.717) is 27.9 Å². The van der Waals surface area contributed by atoms with E-state index < -0.39 is 6.10 Å². The molecule has 3 aromatic carbocycles. The van der Waals surface area contributed by atoms with Crippen LogP contribution in [0, 0.1) is 0 Å². The molecule has 1 unspecified atom stereocenters. The van der Waals surface area contributed by atoms with Gasteiger partial charge in [-0.2, -0.15) is 0 Å². The molecule has 1 aromatic heterocycles. The van der Waals surface area contributed by atoms with Crippen LogP contribution in [0.25, 0.3) is 22.6 Å². The van der Waals surface area contributed by atoms with Gasteiger partial charge in [0.1, 0.15) is 11.3 Å². The molecule has 0 saturated heterocycles. The maximum absolute atomic E-state index is 13.3. The van der Waals surface area contributed by atoms with Crippen molar-refractivity contribution in [3.63, 3.8) is 0 Å². The number of ketones is 1. The van der Waals surface area contributed by atoms with E-state index in [-0.39, 0.29) is 5.78 Å². The first-order valence-electron chi connectivity index (χ1n) is 8.96. The molecule has 136 valence electrons. The SMILES string of the molecule is O=C1c2c(-c3ccc(Cl)cc3)oc(-c3ccccc3)c2OC1c1ccccc1. The van der Waals surface area contributed by atoms with Gasteiger partial charge in [0, 0.05) is 21.7 Å². The number of rotatable bonds is 3. The van der Waals surface area contributed by atoms with Crippen molar-refractivity contribution in [3.05, 3.63) is 101 Å². The zero-order chi connectivity index (χ0) is 19.1. The topological polar surface area (TPSA) is 39.4 Å². The number of carbonyl (C=O) groups is 1. The van der Waals surface area contributed by atoms with E-state index in [4.69, 9.17) is 20.8 Å². The molecule has 4 heteroatoms. The number of ether oxygens (including phenoxy) is 1. The van der Waals surface area contributed by atoms with Crippen molar-refractivity contribution < 1.29 is 13.9 Å². The van der Waals surface area contributed by atoms with E-state index >= 15 is 0 Å². The smallest absolute Gasteiger partial charge is 0.215 e. The largest absolute Gasteiger partial charge is 0.473 e. The Balaban J connectivity index is 1.69. The molecule has 0 bridgehead atoms. The van der Waals surface area contributed by atoms with E-state index in [1.807, 2.05) is 72.8 Å². The minimum Gasteiger partial charge on any atom is -0.473 e. The van der Waals surface area contributed by atoms with Crippen LogP contribution < -0.4 is 4.74 Å². The maximum Gasteiger partial charge on any atom is 0.215 e. The third kappa shape index (κ3) is 2.72. The van der Waals surface area contributed by atoms with Crippen LogP contribution in [0.15, 0.2) is 89.3 Å². The van der Waals surface area contributed by atoms with Crippen molar-refractivity contribution in [3.8, 4) is 28.4 Å². The lowest BCUT2D eigenvalue weighted by Crippen LogP contribution is -2.11. The summed E-state index contributed by atoms with van der Waals surface area (Å²) in [7, 11) is 0. The van der Waals surface area contributed by atoms with Crippen LogP contribution in [0.3, 0.4) is 0 Å². The standard InChI is InChI=1S/C24H15ClO3/c25-18-13-11-17(12-14-18)21-19-20(26)22(15-7-3-1-4-8-15)28-24(19)23(27-21)16-9-5-2-6-10-16/h1-14,22H. The first kappa shape index (κ1) is 16.8. The summed E-state index contributed by atoms with van der Waals surface area (Å²) in [5, 5.41) is 0.625. The molecule has 0 fully saturated rings. The fourth-order valence-corrected chi connectivity index (χ4v) is 3.61. The first-order valence-corrected chi connectivity index (χ1v) is 9.34. The number of benzene rings is 3. The zero-order valence-corrected chi connectivity index (χ0v) is 15.5. The Bertz CT molecular complexity index is 1150. The van der Waals surface area contributed by atoms with E-state index in [9.17, 15) is 4.79 Å². The predicted molar refractivity (Wildman–Crippen MR) is 109 cm³/mol. The second-order valence-corrected chi connectivity index (χ2v) is 7.05. The molecule has 3 nitrogen and oxygen atoms in total. The van der Waals surface area contributed by atoms with E-state index in [1.165, 1.54) is 0 Å². The summed E-state index contributed by atoms with van der Waals surface area (Å²) in [6.07, 6.45) is -0.670. The molecular formula is C24H15ClO3. The first-order chi connectivity index (χ1) is 13.7. The molecular weight excluding hydrogens is 372 g/mol. The fourth-order valence-electron chi connectivity index (χ4n) is 3.49. The van der Waals surface area contributed by atoms with Crippen molar-refractivity contribution in [2.75, 3.05) is 0 Å². The van der Waals surface area contributed by atoms with Crippen LogP contribution in [0.5, 0.6) is 5.75 Å². The van der Waals surface area contributed by atoms with Crippen LogP contribution in [0.2, 0.25) is 5.02 Å². The normalized spacial score (nSPS) is 15.3. The Hall–Kier alpha value is -3.30. The highest BCUT2D eigenvalue weighted by atomic mass is 35.5. The Labute approximate surface area is 167 Å². The molecule has 1 atom stereocenters. The van der Waals surface area contributed by atoms with Gasteiger partial charge in [-0.05, 0) is 24.3 Å². The molecule has 0 aliphatic carbocycles. The Morgan fingerprint density at radius 2 is 1.32 bits per heavy atom. The molecule has 0 saturated carbocycles. The lowest BCUT2D eigenvalue weighted by molar-refractivity contribution is 0.0854. The Morgan fingerprint density at radius 3 is 2.00 bits per heavy atom. The molecule has 1 aliphatic rings. The summed E-state index contributed by atoms with van der Waals surface area (Å²) in [6.45, 7) is 0. The van der Waals surface area contributed by atoms with Gasteiger partial charge < -0.3 is 9.15 Å². The van der Waals surface area contributed by atoms with E-state index in [1.54, 1.807) is 12.1 Å². The van der Waals surface area contributed by atoms with Crippen LogP contribution in [-0.4, -0.2) is 5.78 Å². The number of halogens is 1. The van der Waals surface area contributed by atoms with Crippen molar-refractivity contribution in [2.24, 2.45) is 0 Å². The molecule has 5 rings (SSSR count). The molecule has 2 heterocycles. The van der Waals surface area contributed by atoms with Crippen molar-refractivity contribution >= 4 is 17.4 Å². The van der Waals surface area contributed by atoms with Gasteiger partial charge in [-0.15, -0.1) is 0 Å². The van der Waals surface area contributed by atoms with Gasteiger partial charge in [0.2, 0.25) is 5.78 Å². The number of fused-ring (bicyclic) bond motifs is 1. The monoisotopic (exact) mass is 386 g/mol. The second kappa shape index (κ2) is 6.70. The molecule has 0 spiro atoms. The lowest BCUT2D eigenvalue weighted by atomic mass is 9.99. The zero-order valence-electron chi connectivity index (χ0n) is 14.8. The molecule has 0 amide bonds. The van der Waals surface area contributed by atoms with Crippen molar-refractivity contribution in [1.29, 1.82) is 0 Å². The second-order valence-electron chi connectivity index (χ2n) is 6.61. The Kier molecular flexibility index (Phi) is 4.03. The average Bonchev–Trinajstić information content (AvgIpc) is 3.28. The minimum atomic E-state index is -0.670. The summed E-state index contributed by atoms with van der Waals surface area (Å²) in [6, 6.07) is 26.4. The molecule has 0 radical (unpaired) electrons. The predicted octanol–water partition coefficient (Wildman–Crippen LogP) is 6.58. The van der Waals surface area contributed by atoms with Gasteiger partial charge in [0.15, 0.2) is 17.6 Å². The number of furan rings is 1. The van der Waals surface area contributed by atoms with Crippen LogP contribution in [0.1, 0.15) is 22.0 Å². The lowest BCUT2D eigenvalue weighted by Gasteiger charge is -2.11. The van der Waals surface area contributed by atoms with Crippen LogP contribution in [-0.2, 0) is 0 Å². The number of carbonyl (C=O) groups excluding carboxylic acids is 1. The Morgan fingerprint density at radius 1 is 0.714 bits per heavy atom. The van der Waals surface area contributed by atoms with Gasteiger partial charge in [0.05, 0.1) is 0 Å². The van der Waals surface area contributed by atoms with Crippen molar-refractivity contribution in [1.82, 2.24) is 0 Å². The maximum atomic E-state index is 13.3. The third-order valence-corrected chi connectivity index (χ3v) is 5.08. The van der Waals surface area contributed by atoms with Gasteiger partial charge >= 0.3 is 0 Å². The van der Waals surface area contributed by atoms with E-state index in [0.717, 1.165) is 16.7 Å². The van der Waals surface area contributed by atoms with Gasteiger partial charge in [-0.3, -0.25) is 4.79 Å². The highest BCUT2D eigenvalue weighted by molar-refractivity contribution is 6.30. The van der Waals surface area contributed by atoms with Crippen molar-refractivity contribution in [2.45, 2.75) is 6.10 Å². The fraction of sp³-hybridized carbons (Fsp3) is 0.0417. The van der Waals surface area contributed by atoms with Gasteiger partial charge in [0.25, 0.3) is 0 Å². The summed E-state index contributed by atoms with van der Waals surface area (Å²) in [5.41, 5.74) is 2.95. The molecule has 4 aromatic rings. The third-order valence-electron chi connectivity index (χ3n) is 4.83. The van der Waals surface area contributed by atoms with Crippen LogP contribution >= 0.6 is 11.6 Å². The quantitative estimate of drug-likeness (QED) is 0.399. The van der Waals surface area contributed by atoms with Gasteiger partial charge in [-0.1, -0.05) is 72.3 Å². The van der Waals surface area contributed by atoms with Crippen LogP contribution in [0.4, 0.5) is 0 Å². The average molecular weight is 387 g/mol. The molecule has 28 heavy (non-hydrogen) atoms.